The number of rotatable bonds is 7. The highest BCUT2D eigenvalue weighted by atomic mass is 16.5. The molecular weight excluding hydrogens is 622 g/mol. The first kappa shape index (κ1) is 35.8. The van der Waals surface area contributed by atoms with Gasteiger partial charge in [0.1, 0.15) is 6.10 Å². The number of ketones is 1. The summed E-state index contributed by atoms with van der Waals surface area (Å²) >= 11 is 0. The number of allylic oxidation sites excluding steroid dienone is 1. The van der Waals surface area contributed by atoms with E-state index in [1.807, 2.05) is 0 Å². The standard InChI is InChI=1S/C39H57N3O7/c1-21(2)29-24(43)19-39(41-31(45)32-40-22(3)42-49-32)18-17-37(9)23(30(29)39)11-12-26-36(8)15-14-27(48-28(44)20-34(4,5)33(46)47)35(6,7)25(36)13-16-38(26,37)10/h21,23,25-27H,11-20H2,1-10H3,(H,41,45)(H,46,47)/t23?,25?,26?,27-,36-,37+,38+,39+/m0/s1. The Morgan fingerprint density at radius 3 is 2.29 bits per heavy atom. The lowest BCUT2D eigenvalue weighted by Crippen LogP contribution is -2.67. The van der Waals surface area contributed by atoms with E-state index in [4.69, 9.17) is 9.26 Å². The van der Waals surface area contributed by atoms with Gasteiger partial charge >= 0.3 is 23.7 Å². The number of nitrogens with zero attached hydrogens (tertiary/aromatic N) is 2. The van der Waals surface area contributed by atoms with Gasteiger partial charge < -0.3 is 19.7 Å². The fourth-order valence-electron chi connectivity index (χ4n) is 12.2. The molecule has 10 nitrogen and oxygen atoms in total. The first-order valence-corrected chi connectivity index (χ1v) is 18.5. The molecule has 0 spiro atoms. The summed E-state index contributed by atoms with van der Waals surface area (Å²) in [6.07, 6.45) is 7.21. The molecule has 0 aromatic carbocycles. The molecular formula is C39H57N3O7. The SMILES string of the molecule is Cc1noc(C(=O)N[C@@]23CC[C@]4(C)C(CCC5[C@@]6(C)CC[C@H](OC(=O)CC(C)(C)C(=O)O)C(C)(C)C6CC[C@]54C)C2=C(C(C)C)C(=O)C3)n1. The van der Waals surface area contributed by atoms with Crippen LogP contribution < -0.4 is 5.32 Å². The molecule has 4 fully saturated rings. The average molecular weight is 680 g/mol. The summed E-state index contributed by atoms with van der Waals surface area (Å²) in [5.41, 5.74) is -0.169. The van der Waals surface area contributed by atoms with Gasteiger partial charge in [0.15, 0.2) is 11.6 Å². The van der Waals surface area contributed by atoms with E-state index in [1.54, 1.807) is 20.8 Å². The predicted molar refractivity (Wildman–Crippen MR) is 182 cm³/mol. The topological polar surface area (TPSA) is 149 Å². The van der Waals surface area contributed by atoms with Gasteiger partial charge in [0.25, 0.3) is 0 Å². The molecule has 4 saturated carbocycles. The number of hydrogen-bond donors (Lipinski definition) is 2. The van der Waals surface area contributed by atoms with Crippen molar-refractivity contribution in [2.45, 2.75) is 145 Å². The van der Waals surface area contributed by atoms with Gasteiger partial charge in [-0.25, -0.2) is 0 Å². The minimum Gasteiger partial charge on any atom is -0.481 e. The summed E-state index contributed by atoms with van der Waals surface area (Å²) in [5, 5.41) is 16.7. The molecule has 8 atom stereocenters. The molecule has 2 N–H and O–H groups in total. The molecule has 3 unspecified atom stereocenters. The van der Waals surface area contributed by atoms with Crippen LogP contribution in [0, 0.1) is 57.7 Å². The monoisotopic (exact) mass is 679 g/mol. The lowest BCUT2D eigenvalue weighted by molar-refractivity contribution is -0.232. The molecule has 0 radical (unpaired) electrons. The van der Waals surface area contributed by atoms with E-state index in [2.05, 4.69) is 63.9 Å². The highest BCUT2D eigenvalue weighted by molar-refractivity contribution is 6.03. The van der Waals surface area contributed by atoms with Crippen molar-refractivity contribution in [3.8, 4) is 0 Å². The fraction of sp³-hybridized carbons (Fsp3) is 0.795. The van der Waals surface area contributed by atoms with E-state index in [9.17, 15) is 24.3 Å². The third-order valence-electron chi connectivity index (χ3n) is 14.9. The van der Waals surface area contributed by atoms with Gasteiger partial charge in [0.05, 0.1) is 17.4 Å². The number of Topliss-reactive ketones (excluding diaryl/α,β-unsaturated/α-hetero) is 1. The van der Waals surface area contributed by atoms with Crippen LogP contribution in [0.1, 0.15) is 143 Å². The maximum atomic E-state index is 13.9. The average Bonchev–Trinajstić information content (AvgIpc) is 3.55. The first-order valence-electron chi connectivity index (χ1n) is 18.5. The van der Waals surface area contributed by atoms with Crippen molar-refractivity contribution in [2.75, 3.05) is 0 Å². The van der Waals surface area contributed by atoms with Crippen LogP contribution in [-0.4, -0.2) is 50.5 Å². The third kappa shape index (κ3) is 5.23. The lowest BCUT2D eigenvalue weighted by Gasteiger charge is -2.72. The summed E-state index contributed by atoms with van der Waals surface area (Å²) in [6, 6.07) is 0. The number of aryl methyl sites for hydroxylation is 1. The van der Waals surface area contributed by atoms with Crippen LogP contribution in [0.25, 0.3) is 0 Å². The Balaban J connectivity index is 1.30. The summed E-state index contributed by atoms with van der Waals surface area (Å²) < 4.78 is 11.4. The van der Waals surface area contributed by atoms with Gasteiger partial charge in [-0.3, -0.25) is 19.2 Å². The minimum atomic E-state index is -1.17. The predicted octanol–water partition coefficient (Wildman–Crippen LogP) is 7.25. The second-order valence-electron chi connectivity index (χ2n) is 18.6. The Bertz CT molecular complexity index is 1610. The molecule has 270 valence electrons. The summed E-state index contributed by atoms with van der Waals surface area (Å²) in [6.45, 7) is 21.0. The number of esters is 1. The van der Waals surface area contributed by atoms with Gasteiger partial charge in [-0.15, -0.1) is 0 Å². The second kappa shape index (κ2) is 11.5. The highest BCUT2D eigenvalue weighted by Gasteiger charge is 2.70. The van der Waals surface area contributed by atoms with Crippen LogP contribution in [0.4, 0.5) is 0 Å². The van der Waals surface area contributed by atoms with Crippen LogP contribution in [0.2, 0.25) is 0 Å². The van der Waals surface area contributed by atoms with Crippen molar-refractivity contribution >= 4 is 23.6 Å². The van der Waals surface area contributed by atoms with Crippen molar-refractivity contribution in [1.82, 2.24) is 15.5 Å². The number of aliphatic carboxylic acids is 1. The Hall–Kier alpha value is -3.04. The number of carboxylic acid groups (broad SMARTS) is 1. The van der Waals surface area contributed by atoms with Gasteiger partial charge in [-0.1, -0.05) is 53.6 Å². The number of fused-ring (bicyclic) bond motifs is 7. The number of nitrogens with one attached hydrogen (secondary N) is 1. The van der Waals surface area contributed by atoms with Gasteiger partial charge in [0.2, 0.25) is 0 Å². The summed E-state index contributed by atoms with van der Waals surface area (Å²) in [7, 11) is 0. The van der Waals surface area contributed by atoms with Crippen LogP contribution in [0.15, 0.2) is 15.7 Å². The van der Waals surface area contributed by atoms with Crippen LogP contribution >= 0.6 is 0 Å². The smallest absolute Gasteiger partial charge is 0.315 e. The molecule has 49 heavy (non-hydrogen) atoms. The number of aromatic nitrogens is 2. The number of carbonyl (C=O) groups is 4. The first-order chi connectivity index (χ1) is 22.6. The van der Waals surface area contributed by atoms with Crippen molar-refractivity contribution in [1.29, 1.82) is 0 Å². The maximum absolute atomic E-state index is 13.9. The molecule has 5 aliphatic carbocycles. The van der Waals surface area contributed by atoms with Gasteiger partial charge in [-0.05, 0) is 123 Å². The number of carbonyl (C=O) groups excluding carboxylic acids is 3. The molecule has 10 heteroatoms. The van der Waals surface area contributed by atoms with E-state index in [0.29, 0.717) is 24.1 Å². The quantitative estimate of drug-likeness (QED) is 0.284. The van der Waals surface area contributed by atoms with Crippen LogP contribution in [0.3, 0.4) is 0 Å². The maximum Gasteiger partial charge on any atom is 0.315 e. The fourth-order valence-corrected chi connectivity index (χ4v) is 12.2. The lowest BCUT2D eigenvalue weighted by atomic mass is 9.33. The normalized spacial score (nSPS) is 38.3. The van der Waals surface area contributed by atoms with Gasteiger partial charge in [-0.2, -0.15) is 4.98 Å². The van der Waals surface area contributed by atoms with Crippen molar-refractivity contribution in [3.05, 3.63) is 22.9 Å². The van der Waals surface area contributed by atoms with Crippen molar-refractivity contribution in [3.63, 3.8) is 0 Å². The van der Waals surface area contributed by atoms with Crippen LogP contribution in [0.5, 0.6) is 0 Å². The zero-order valence-corrected chi connectivity index (χ0v) is 31.2. The van der Waals surface area contributed by atoms with Gasteiger partial charge in [0, 0.05) is 11.8 Å². The number of hydrogen-bond acceptors (Lipinski definition) is 8. The molecule has 1 heterocycles. The number of carboxylic acids is 1. The van der Waals surface area contributed by atoms with E-state index in [-0.39, 0.29) is 64.1 Å². The van der Waals surface area contributed by atoms with Crippen molar-refractivity contribution in [2.24, 2.45) is 50.7 Å². The Morgan fingerprint density at radius 1 is 0.980 bits per heavy atom. The largest absolute Gasteiger partial charge is 0.481 e. The molecule has 0 saturated heterocycles. The van der Waals surface area contributed by atoms with E-state index in [1.165, 1.54) is 0 Å². The third-order valence-corrected chi connectivity index (χ3v) is 14.9. The summed E-state index contributed by atoms with van der Waals surface area (Å²) in [4.78, 5) is 56.3. The Morgan fingerprint density at radius 2 is 1.67 bits per heavy atom. The van der Waals surface area contributed by atoms with E-state index >= 15 is 0 Å². The molecule has 5 aliphatic rings. The van der Waals surface area contributed by atoms with Crippen LogP contribution in [-0.2, 0) is 19.1 Å². The zero-order valence-electron chi connectivity index (χ0n) is 31.2. The zero-order chi connectivity index (χ0) is 36.1. The molecule has 1 aromatic heterocycles. The van der Waals surface area contributed by atoms with Crippen molar-refractivity contribution < 1.29 is 33.5 Å². The molecule has 1 amide bonds. The molecule has 0 bridgehead atoms. The Kier molecular flexibility index (Phi) is 8.39. The molecule has 0 aliphatic heterocycles. The van der Waals surface area contributed by atoms with E-state index < -0.39 is 28.8 Å². The molecule has 6 rings (SSSR count). The molecule has 1 aromatic rings. The minimum absolute atomic E-state index is 0.00671. The number of ether oxygens (including phenoxy) is 1. The second-order valence-corrected chi connectivity index (χ2v) is 18.6. The Labute approximate surface area is 291 Å². The number of amides is 1. The summed E-state index contributed by atoms with van der Waals surface area (Å²) in [5.74, 6) is -0.380. The van der Waals surface area contributed by atoms with E-state index in [0.717, 1.165) is 56.1 Å². The highest BCUT2D eigenvalue weighted by Crippen LogP contribution is 2.76.